The first-order chi connectivity index (χ1) is 11.6. The highest BCUT2D eigenvalue weighted by molar-refractivity contribution is 5.93. The minimum Gasteiger partial charge on any atom is -0.493 e. The zero-order valence-electron chi connectivity index (χ0n) is 15.2. The van der Waals surface area contributed by atoms with Gasteiger partial charge in [0.15, 0.2) is 11.5 Å². The molecule has 1 fully saturated rings. The summed E-state index contributed by atoms with van der Waals surface area (Å²) in [5, 5.41) is 2.94. The Bertz CT molecular complexity index is 574. The smallest absolute Gasteiger partial charge is 0.225 e. The van der Waals surface area contributed by atoms with Gasteiger partial charge in [0, 0.05) is 6.42 Å². The van der Waals surface area contributed by atoms with Gasteiger partial charge < -0.3 is 25.3 Å². The molecule has 1 aliphatic rings. The Morgan fingerprint density at radius 2 is 1.72 bits per heavy atom. The van der Waals surface area contributed by atoms with E-state index in [9.17, 15) is 4.79 Å². The summed E-state index contributed by atoms with van der Waals surface area (Å²) in [4.78, 5) is 12.6. The molecule has 1 aliphatic carbocycles. The summed E-state index contributed by atoms with van der Waals surface area (Å²) in [5.41, 5.74) is 6.47. The lowest BCUT2D eigenvalue weighted by Gasteiger charge is -2.35. The number of carbonyl (C=O) groups excluding carboxylic acids is 1. The molecule has 0 spiro atoms. The number of hydrogen-bond acceptors (Lipinski definition) is 5. The van der Waals surface area contributed by atoms with Gasteiger partial charge in [0.1, 0.15) is 0 Å². The zero-order valence-corrected chi connectivity index (χ0v) is 16.0. The predicted molar refractivity (Wildman–Crippen MR) is 101 cm³/mol. The summed E-state index contributed by atoms with van der Waals surface area (Å²) in [7, 11) is 4.64. The largest absolute Gasteiger partial charge is 0.493 e. The summed E-state index contributed by atoms with van der Waals surface area (Å²) in [6.07, 6.45) is 5.97. The molecule has 0 unspecified atom stereocenters. The molecule has 2 rings (SSSR count). The Kier molecular flexibility index (Phi) is 8.32. The van der Waals surface area contributed by atoms with E-state index in [1.54, 1.807) is 19.2 Å². The molecule has 6 nitrogen and oxygen atoms in total. The van der Waals surface area contributed by atoms with Crippen LogP contribution in [-0.2, 0) is 4.79 Å². The van der Waals surface area contributed by atoms with Gasteiger partial charge in [0.05, 0.1) is 27.0 Å². The number of halogens is 1. The van der Waals surface area contributed by atoms with Crippen LogP contribution in [0.5, 0.6) is 17.2 Å². The molecule has 142 valence electrons. The molecule has 1 aromatic rings. The lowest BCUT2D eigenvalue weighted by Crippen LogP contribution is -2.36. The van der Waals surface area contributed by atoms with Crippen LogP contribution in [-0.4, -0.2) is 33.8 Å². The summed E-state index contributed by atoms with van der Waals surface area (Å²) >= 11 is 0. The molecular weight excluding hydrogens is 344 g/mol. The molecule has 7 heteroatoms. The SMILES string of the molecule is COc1ccc(NC(=O)CC2(CN)CCCCC2)c(OC)c1OC.Cl. The van der Waals surface area contributed by atoms with Crippen LogP contribution in [0.1, 0.15) is 38.5 Å². The summed E-state index contributed by atoms with van der Waals surface area (Å²) < 4.78 is 16.0. The number of nitrogens with one attached hydrogen (secondary N) is 1. The van der Waals surface area contributed by atoms with Crippen molar-refractivity contribution in [2.75, 3.05) is 33.2 Å². The summed E-state index contributed by atoms with van der Waals surface area (Å²) in [6, 6.07) is 3.50. The van der Waals surface area contributed by atoms with Gasteiger partial charge in [-0.2, -0.15) is 0 Å². The number of hydrogen-bond donors (Lipinski definition) is 2. The molecule has 1 saturated carbocycles. The van der Waals surface area contributed by atoms with Crippen molar-refractivity contribution in [3.8, 4) is 17.2 Å². The van der Waals surface area contributed by atoms with Crippen LogP contribution in [0.15, 0.2) is 12.1 Å². The third-order valence-corrected chi connectivity index (χ3v) is 4.86. The molecular formula is C18H29ClN2O4. The molecule has 3 N–H and O–H groups in total. The maximum Gasteiger partial charge on any atom is 0.225 e. The Morgan fingerprint density at radius 1 is 1.08 bits per heavy atom. The number of nitrogens with two attached hydrogens (primary N) is 1. The van der Waals surface area contributed by atoms with Crippen molar-refractivity contribution in [1.82, 2.24) is 0 Å². The van der Waals surface area contributed by atoms with Gasteiger partial charge >= 0.3 is 0 Å². The number of carbonyl (C=O) groups is 1. The van der Waals surface area contributed by atoms with E-state index in [4.69, 9.17) is 19.9 Å². The second-order valence-corrected chi connectivity index (χ2v) is 6.37. The average Bonchev–Trinajstić information content (AvgIpc) is 2.61. The normalized spacial score (nSPS) is 15.7. The first-order valence-electron chi connectivity index (χ1n) is 8.38. The minimum atomic E-state index is -0.0773. The van der Waals surface area contributed by atoms with Crippen LogP contribution in [0.2, 0.25) is 0 Å². The van der Waals surface area contributed by atoms with Crippen LogP contribution >= 0.6 is 12.4 Å². The number of amides is 1. The lowest BCUT2D eigenvalue weighted by molar-refractivity contribution is -0.118. The second kappa shape index (κ2) is 9.73. The number of rotatable bonds is 7. The van der Waals surface area contributed by atoms with E-state index in [0.717, 1.165) is 25.7 Å². The third kappa shape index (κ3) is 4.92. The molecule has 0 saturated heterocycles. The van der Waals surface area contributed by atoms with E-state index in [1.807, 2.05) is 0 Å². The van der Waals surface area contributed by atoms with E-state index < -0.39 is 0 Å². The van der Waals surface area contributed by atoms with Crippen molar-refractivity contribution < 1.29 is 19.0 Å². The third-order valence-electron chi connectivity index (χ3n) is 4.86. The number of methoxy groups -OCH3 is 3. The van der Waals surface area contributed by atoms with Crippen molar-refractivity contribution in [3.05, 3.63) is 12.1 Å². The Balaban J connectivity index is 0.00000312. The van der Waals surface area contributed by atoms with E-state index in [-0.39, 0.29) is 23.7 Å². The van der Waals surface area contributed by atoms with Crippen LogP contribution in [0.4, 0.5) is 5.69 Å². The van der Waals surface area contributed by atoms with Crippen LogP contribution in [0, 0.1) is 5.41 Å². The molecule has 25 heavy (non-hydrogen) atoms. The van der Waals surface area contributed by atoms with Gasteiger partial charge in [-0.15, -0.1) is 12.4 Å². The van der Waals surface area contributed by atoms with E-state index in [0.29, 0.717) is 35.9 Å². The molecule has 1 amide bonds. The van der Waals surface area contributed by atoms with Crippen LogP contribution < -0.4 is 25.3 Å². The van der Waals surface area contributed by atoms with Crippen molar-refractivity contribution in [2.24, 2.45) is 11.1 Å². The van der Waals surface area contributed by atoms with Gasteiger partial charge in [-0.25, -0.2) is 0 Å². The highest BCUT2D eigenvalue weighted by atomic mass is 35.5. The van der Waals surface area contributed by atoms with Gasteiger partial charge in [-0.3, -0.25) is 4.79 Å². The van der Waals surface area contributed by atoms with E-state index in [2.05, 4.69) is 5.32 Å². The fourth-order valence-electron chi connectivity index (χ4n) is 3.49. The zero-order chi connectivity index (χ0) is 17.6. The molecule has 0 heterocycles. The number of anilines is 1. The van der Waals surface area contributed by atoms with Crippen molar-refractivity contribution in [1.29, 1.82) is 0 Å². The molecule has 0 aromatic heterocycles. The monoisotopic (exact) mass is 372 g/mol. The fraction of sp³-hybridized carbons (Fsp3) is 0.611. The Labute approximate surface area is 155 Å². The fourth-order valence-corrected chi connectivity index (χ4v) is 3.49. The quantitative estimate of drug-likeness (QED) is 0.766. The maximum absolute atomic E-state index is 12.6. The van der Waals surface area contributed by atoms with Gasteiger partial charge in [0.25, 0.3) is 0 Å². The summed E-state index contributed by atoms with van der Waals surface area (Å²) in [5.74, 6) is 1.42. The van der Waals surface area contributed by atoms with Crippen LogP contribution in [0.25, 0.3) is 0 Å². The molecule has 1 aromatic carbocycles. The minimum absolute atomic E-state index is 0. The number of benzene rings is 1. The average molecular weight is 373 g/mol. The summed E-state index contributed by atoms with van der Waals surface area (Å²) in [6.45, 7) is 0.545. The molecule has 0 atom stereocenters. The first kappa shape index (κ1) is 21.4. The Morgan fingerprint density at radius 3 is 2.24 bits per heavy atom. The second-order valence-electron chi connectivity index (χ2n) is 6.37. The molecule has 0 bridgehead atoms. The van der Waals surface area contributed by atoms with Crippen molar-refractivity contribution >= 4 is 24.0 Å². The van der Waals surface area contributed by atoms with E-state index >= 15 is 0 Å². The van der Waals surface area contributed by atoms with Gasteiger partial charge in [0.2, 0.25) is 11.7 Å². The van der Waals surface area contributed by atoms with E-state index in [1.165, 1.54) is 20.6 Å². The topological polar surface area (TPSA) is 82.8 Å². The van der Waals surface area contributed by atoms with Crippen molar-refractivity contribution in [3.63, 3.8) is 0 Å². The number of ether oxygens (including phenoxy) is 3. The standard InChI is InChI=1S/C18H28N2O4.ClH/c1-22-14-8-7-13(16(23-2)17(14)24-3)20-15(21)11-18(12-19)9-5-4-6-10-18;/h7-8H,4-6,9-12,19H2,1-3H3,(H,20,21);1H. The van der Waals surface area contributed by atoms with Crippen LogP contribution in [0.3, 0.4) is 0 Å². The molecule has 0 radical (unpaired) electrons. The van der Waals surface area contributed by atoms with Gasteiger partial charge in [-0.05, 0) is 36.9 Å². The highest BCUT2D eigenvalue weighted by Gasteiger charge is 2.33. The molecule has 0 aliphatic heterocycles. The first-order valence-corrected chi connectivity index (χ1v) is 8.38. The highest BCUT2D eigenvalue weighted by Crippen LogP contribution is 2.43. The van der Waals surface area contributed by atoms with Gasteiger partial charge in [-0.1, -0.05) is 19.3 Å². The van der Waals surface area contributed by atoms with Crippen molar-refractivity contribution in [2.45, 2.75) is 38.5 Å². The predicted octanol–water partition coefficient (Wildman–Crippen LogP) is 3.37. The lowest BCUT2D eigenvalue weighted by atomic mass is 9.71. The maximum atomic E-state index is 12.6. The Hall–Kier alpha value is -1.66.